The lowest BCUT2D eigenvalue weighted by Gasteiger charge is -2.30. The summed E-state index contributed by atoms with van der Waals surface area (Å²) < 4.78 is 1.78. The van der Waals surface area contributed by atoms with Gasteiger partial charge < -0.3 is 11.1 Å². The Balaban J connectivity index is 1.34. The molecule has 2 aromatic heterocycles. The number of amides is 1. The maximum Gasteiger partial charge on any atom is 0.248 e. The normalized spacial score (nSPS) is 15.1. The average Bonchev–Trinajstić information content (AvgIpc) is 3.24. The van der Waals surface area contributed by atoms with Crippen LogP contribution in [-0.4, -0.2) is 38.5 Å². The molecule has 1 fully saturated rings. The van der Waals surface area contributed by atoms with Gasteiger partial charge in [-0.05, 0) is 79.4 Å². The van der Waals surface area contributed by atoms with Crippen molar-refractivity contribution in [2.45, 2.75) is 26.3 Å². The van der Waals surface area contributed by atoms with Gasteiger partial charge in [-0.1, -0.05) is 31.2 Å². The summed E-state index contributed by atoms with van der Waals surface area (Å²) in [5, 5.41) is 7.74. The van der Waals surface area contributed by atoms with Gasteiger partial charge in [0.1, 0.15) is 0 Å². The van der Waals surface area contributed by atoms with E-state index >= 15 is 0 Å². The number of carbonyl (C=O) groups is 1. The average molecular weight is 441 g/mol. The Morgan fingerprint density at radius 3 is 2.48 bits per heavy atom. The van der Waals surface area contributed by atoms with Crippen LogP contribution in [0.3, 0.4) is 0 Å². The molecule has 0 aliphatic carbocycles. The minimum absolute atomic E-state index is 0.450. The largest absolute Gasteiger partial charge is 0.366 e. The molecule has 168 valence electrons. The van der Waals surface area contributed by atoms with Crippen molar-refractivity contribution < 1.29 is 4.79 Å². The van der Waals surface area contributed by atoms with Crippen molar-refractivity contribution in [3.63, 3.8) is 0 Å². The molecule has 1 aliphatic rings. The number of anilines is 2. The first kappa shape index (κ1) is 21.2. The van der Waals surface area contributed by atoms with Gasteiger partial charge in [0.25, 0.3) is 0 Å². The molecule has 0 radical (unpaired) electrons. The molecular formula is C26H28N6O. The van der Waals surface area contributed by atoms with Crippen molar-refractivity contribution >= 4 is 23.2 Å². The number of nitrogens with zero attached hydrogens (tertiary/aromatic N) is 4. The smallest absolute Gasteiger partial charge is 0.248 e. The summed E-state index contributed by atoms with van der Waals surface area (Å²) in [7, 11) is 0. The molecule has 3 N–H and O–H groups in total. The van der Waals surface area contributed by atoms with Crippen molar-refractivity contribution in [2.24, 2.45) is 11.7 Å². The number of hydrogen-bond acceptors (Lipinski definition) is 5. The van der Waals surface area contributed by atoms with Crippen molar-refractivity contribution in [2.75, 3.05) is 18.4 Å². The molecule has 0 unspecified atom stereocenters. The first-order valence-corrected chi connectivity index (χ1v) is 11.4. The van der Waals surface area contributed by atoms with Crippen LogP contribution in [0.25, 0.3) is 16.8 Å². The minimum Gasteiger partial charge on any atom is -0.366 e. The van der Waals surface area contributed by atoms with Crippen LogP contribution in [0.15, 0.2) is 66.9 Å². The van der Waals surface area contributed by atoms with Gasteiger partial charge in [0.05, 0.1) is 0 Å². The van der Waals surface area contributed by atoms with Gasteiger partial charge in [0.2, 0.25) is 11.9 Å². The topological polar surface area (TPSA) is 88.5 Å². The van der Waals surface area contributed by atoms with Gasteiger partial charge in [0, 0.05) is 29.6 Å². The Labute approximate surface area is 193 Å². The zero-order chi connectivity index (χ0) is 22.8. The third-order valence-corrected chi connectivity index (χ3v) is 6.34. The molecule has 1 saturated heterocycles. The van der Waals surface area contributed by atoms with Gasteiger partial charge >= 0.3 is 0 Å². The molecule has 1 aliphatic heterocycles. The van der Waals surface area contributed by atoms with E-state index in [1.807, 2.05) is 12.3 Å². The van der Waals surface area contributed by atoms with Crippen molar-refractivity contribution in [3.8, 4) is 11.1 Å². The number of primary amides is 1. The highest BCUT2D eigenvalue weighted by Crippen LogP contribution is 2.26. The van der Waals surface area contributed by atoms with Gasteiger partial charge in [-0.25, -0.2) is 4.52 Å². The van der Waals surface area contributed by atoms with Crippen LogP contribution in [0, 0.1) is 5.92 Å². The van der Waals surface area contributed by atoms with Gasteiger partial charge in [0.15, 0.2) is 5.65 Å². The summed E-state index contributed by atoms with van der Waals surface area (Å²) in [6, 6.07) is 19.7. The summed E-state index contributed by atoms with van der Waals surface area (Å²) in [6.45, 7) is 5.72. The Kier molecular flexibility index (Phi) is 5.79. The summed E-state index contributed by atoms with van der Waals surface area (Å²) in [5.41, 5.74) is 10.8. The number of rotatable bonds is 6. The lowest BCUT2D eigenvalue weighted by atomic mass is 9.98. The quantitative estimate of drug-likeness (QED) is 0.462. The van der Waals surface area contributed by atoms with Crippen LogP contribution in [0.2, 0.25) is 0 Å². The molecule has 33 heavy (non-hydrogen) atoms. The van der Waals surface area contributed by atoms with E-state index in [1.165, 1.54) is 31.5 Å². The van der Waals surface area contributed by atoms with E-state index in [4.69, 9.17) is 10.7 Å². The number of carbonyl (C=O) groups excluding carboxylic acids is 1. The number of hydrogen-bond donors (Lipinski definition) is 2. The zero-order valence-corrected chi connectivity index (χ0v) is 18.7. The fourth-order valence-corrected chi connectivity index (χ4v) is 4.30. The molecule has 5 rings (SSSR count). The fourth-order valence-electron chi connectivity index (χ4n) is 4.30. The highest BCUT2D eigenvalue weighted by molar-refractivity contribution is 5.93. The van der Waals surface area contributed by atoms with Crippen molar-refractivity contribution in [3.05, 3.63) is 78.0 Å². The van der Waals surface area contributed by atoms with E-state index in [1.54, 1.807) is 28.8 Å². The standard InChI is InChI=1S/C26H28N6O/c1-18-12-15-31(16-13-18)17-19-4-6-20(7-5-19)23-3-2-14-32-25(23)29-26(30-32)28-22-10-8-21(9-11-22)24(27)33/h2-11,14,18H,12-13,15-17H2,1H3,(H2,27,33)(H,28,30). The van der Waals surface area contributed by atoms with Crippen LogP contribution in [0.5, 0.6) is 0 Å². The second kappa shape index (κ2) is 9.03. The molecule has 7 nitrogen and oxygen atoms in total. The van der Waals surface area contributed by atoms with Gasteiger partial charge in [-0.15, -0.1) is 5.10 Å². The zero-order valence-electron chi connectivity index (χ0n) is 18.7. The summed E-state index contributed by atoms with van der Waals surface area (Å²) in [5.74, 6) is 0.889. The van der Waals surface area contributed by atoms with E-state index in [0.717, 1.165) is 34.9 Å². The molecular weight excluding hydrogens is 412 g/mol. The highest BCUT2D eigenvalue weighted by Gasteiger charge is 2.16. The first-order chi connectivity index (χ1) is 16.0. The molecule has 3 heterocycles. The SMILES string of the molecule is CC1CCN(Cc2ccc(-c3cccn4nc(Nc5ccc(C(N)=O)cc5)nc34)cc2)CC1. The number of likely N-dealkylation sites (tertiary alicyclic amines) is 1. The fraction of sp³-hybridized carbons (Fsp3) is 0.269. The Bertz CT molecular complexity index is 1250. The molecule has 0 bridgehead atoms. The second-order valence-electron chi connectivity index (χ2n) is 8.85. The Morgan fingerprint density at radius 1 is 1.06 bits per heavy atom. The molecule has 0 saturated carbocycles. The number of pyridine rings is 1. The van der Waals surface area contributed by atoms with Crippen molar-refractivity contribution in [1.29, 1.82) is 0 Å². The van der Waals surface area contributed by atoms with Gasteiger partial charge in [-0.3, -0.25) is 9.69 Å². The highest BCUT2D eigenvalue weighted by atomic mass is 16.1. The Morgan fingerprint density at radius 2 is 1.79 bits per heavy atom. The molecule has 0 atom stereocenters. The predicted octanol–water partition coefficient (Wildman–Crippen LogP) is 4.47. The van der Waals surface area contributed by atoms with E-state index < -0.39 is 5.91 Å². The number of nitrogens with one attached hydrogen (secondary N) is 1. The van der Waals surface area contributed by atoms with Crippen LogP contribution in [0.4, 0.5) is 11.6 Å². The summed E-state index contributed by atoms with van der Waals surface area (Å²) in [6.07, 6.45) is 4.47. The van der Waals surface area contributed by atoms with Crippen LogP contribution in [-0.2, 0) is 6.54 Å². The molecule has 1 amide bonds. The molecule has 4 aromatic rings. The monoisotopic (exact) mass is 440 g/mol. The van der Waals surface area contributed by atoms with E-state index in [0.29, 0.717) is 11.5 Å². The molecule has 0 spiro atoms. The van der Waals surface area contributed by atoms with Crippen LogP contribution >= 0.6 is 0 Å². The number of aromatic nitrogens is 3. The third-order valence-electron chi connectivity index (χ3n) is 6.34. The van der Waals surface area contributed by atoms with E-state index in [2.05, 4.69) is 52.6 Å². The van der Waals surface area contributed by atoms with E-state index in [-0.39, 0.29) is 0 Å². The molecule has 2 aromatic carbocycles. The number of nitrogens with two attached hydrogens (primary N) is 1. The van der Waals surface area contributed by atoms with Crippen LogP contribution in [0.1, 0.15) is 35.7 Å². The maximum absolute atomic E-state index is 11.3. The summed E-state index contributed by atoms with van der Waals surface area (Å²) in [4.78, 5) is 18.5. The number of benzene rings is 2. The maximum atomic E-state index is 11.3. The summed E-state index contributed by atoms with van der Waals surface area (Å²) >= 11 is 0. The van der Waals surface area contributed by atoms with Crippen molar-refractivity contribution in [1.82, 2.24) is 19.5 Å². The lowest BCUT2D eigenvalue weighted by molar-refractivity contribution is 0.100. The number of piperidine rings is 1. The second-order valence-corrected chi connectivity index (χ2v) is 8.85. The first-order valence-electron chi connectivity index (χ1n) is 11.4. The predicted molar refractivity (Wildman–Crippen MR) is 130 cm³/mol. The lowest BCUT2D eigenvalue weighted by Crippen LogP contribution is -2.32. The van der Waals surface area contributed by atoms with Crippen LogP contribution < -0.4 is 11.1 Å². The number of fused-ring (bicyclic) bond motifs is 1. The van der Waals surface area contributed by atoms with E-state index in [9.17, 15) is 4.79 Å². The molecule has 7 heteroatoms. The van der Waals surface area contributed by atoms with Gasteiger partial charge in [-0.2, -0.15) is 4.98 Å². The Hall–Kier alpha value is -3.71. The minimum atomic E-state index is -0.450. The third kappa shape index (κ3) is 4.73.